The number of nitrogens with one attached hydrogen (secondary N) is 1. The van der Waals surface area contributed by atoms with Crippen molar-refractivity contribution < 1.29 is 0 Å². The highest BCUT2D eigenvalue weighted by atomic mass is 79.9. The van der Waals surface area contributed by atoms with Gasteiger partial charge in [0.25, 0.3) is 0 Å². The highest BCUT2D eigenvalue weighted by Crippen LogP contribution is 2.28. The molecule has 1 aromatic carbocycles. The van der Waals surface area contributed by atoms with Crippen molar-refractivity contribution in [2.24, 2.45) is 11.3 Å². The normalized spacial score (nSPS) is 13.8. The Morgan fingerprint density at radius 1 is 1.19 bits per heavy atom. The molecule has 0 aliphatic rings. The smallest absolute Gasteiger partial charge is 0.0175 e. The first-order valence-corrected chi connectivity index (χ1v) is 6.62. The molecule has 1 N–H and O–H groups in total. The Balaban J connectivity index is 2.72. The van der Waals surface area contributed by atoms with Crippen LogP contribution in [0.4, 0.5) is 0 Å². The summed E-state index contributed by atoms with van der Waals surface area (Å²) in [6.07, 6.45) is 1.14. The molecule has 0 radical (unpaired) electrons. The Hall–Kier alpha value is -0.340. The lowest BCUT2D eigenvalue weighted by Crippen LogP contribution is -2.31. The van der Waals surface area contributed by atoms with E-state index in [-0.39, 0.29) is 0 Å². The number of halogens is 1. The fourth-order valence-corrected chi connectivity index (χ4v) is 2.10. The van der Waals surface area contributed by atoms with Gasteiger partial charge in [0.2, 0.25) is 0 Å². The molecule has 0 amide bonds. The fraction of sp³-hybridized carbons (Fsp3) is 0.571. The van der Waals surface area contributed by atoms with Crippen molar-refractivity contribution in [2.45, 2.75) is 27.2 Å². The van der Waals surface area contributed by atoms with Crippen molar-refractivity contribution in [1.82, 2.24) is 5.32 Å². The predicted octanol–water partition coefficient (Wildman–Crippen LogP) is 3.87. The minimum Gasteiger partial charge on any atom is -0.319 e. The van der Waals surface area contributed by atoms with Crippen LogP contribution in [-0.4, -0.2) is 13.6 Å². The molecule has 0 aliphatic heterocycles. The van der Waals surface area contributed by atoms with Gasteiger partial charge in [-0.1, -0.05) is 48.8 Å². The van der Waals surface area contributed by atoms with Crippen molar-refractivity contribution in [3.05, 3.63) is 34.3 Å². The summed E-state index contributed by atoms with van der Waals surface area (Å²) in [6.45, 7) is 8.01. The monoisotopic (exact) mass is 283 g/mol. The number of hydrogen-bond acceptors (Lipinski definition) is 1. The van der Waals surface area contributed by atoms with Crippen molar-refractivity contribution in [3.8, 4) is 0 Å². The summed E-state index contributed by atoms with van der Waals surface area (Å²) in [5, 5.41) is 3.30. The van der Waals surface area contributed by atoms with Crippen LogP contribution >= 0.6 is 15.9 Å². The predicted molar refractivity (Wildman–Crippen MR) is 74.7 cm³/mol. The van der Waals surface area contributed by atoms with Crippen LogP contribution in [0.5, 0.6) is 0 Å². The minimum absolute atomic E-state index is 0.343. The molecule has 2 heteroatoms. The zero-order valence-corrected chi connectivity index (χ0v) is 12.3. The molecule has 0 spiro atoms. The summed E-state index contributed by atoms with van der Waals surface area (Å²) in [4.78, 5) is 0. The highest BCUT2D eigenvalue weighted by molar-refractivity contribution is 9.10. The molecule has 0 bridgehead atoms. The third-order valence-electron chi connectivity index (χ3n) is 3.07. The third-order valence-corrected chi connectivity index (χ3v) is 3.60. The third kappa shape index (κ3) is 4.26. The van der Waals surface area contributed by atoms with Gasteiger partial charge in [0.1, 0.15) is 0 Å². The van der Waals surface area contributed by atoms with Crippen molar-refractivity contribution in [2.75, 3.05) is 13.6 Å². The van der Waals surface area contributed by atoms with Gasteiger partial charge in [-0.3, -0.25) is 0 Å². The fourth-order valence-electron chi connectivity index (χ4n) is 1.84. The minimum atomic E-state index is 0.343. The van der Waals surface area contributed by atoms with Crippen LogP contribution in [0, 0.1) is 11.3 Å². The van der Waals surface area contributed by atoms with Crippen molar-refractivity contribution >= 4 is 15.9 Å². The van der Waals surface area contributed by atoms with Gasteiger partial charge in [0, 0.05) is 4.47 Å². The number of rotatable bonds is 4. The maximum absolute atomic E-state index is 3.47. The van der Waals surface area contributed by atoms with Gasteiger partial charge in [-0.25, -0.2) is 0 Å². The van der Waals surface area contributed by atoms with Crippen molar-refractivity contribution in [3.63, 3.8) is 0 Å². The van der Waals surface area contributed by atoms with E-state index in [4.69, 9.17) is 0 Å². The maximum Gasteiger partial charge on any atom is 0.0175 e. The van der Waals surface area contributed by atoms with E-state index in [0.29, 0.717) is 11.3 Å². The molecule has 90 valence electrons. The van der Waals surface area contributed by atoms with Crippen LogP contribution in [0.3, 0.4) is 0 Å². The summed E-state index contributed by atoms with van der Waals surface area (Å²) in [5.74, 6) is 0.665. The zero-order chi connectivity index (χ0) is 12.2. The van der Waals surface area contributed by atoms with Crippen LogP contribution in [0.1, 0.15) is 26.3 Å². The molecule has 0 heterocycles. The Morgan fingerprint density at radius 2 is 1.75 bits per heavy atom. The lowest BCUT2D eigenvalue weighted by atomic mass is 9.77. The largest absolute Gasteiger partial charge is 0.319 e. The van der Waals surface area contributed by atoms with E-state index in [1.54, 1.807) is 0 Å². The quantitative estimate of drug-likeness (QED) is 0.885. The molecule has 0 aromatic heterocycles. The first-order chi connectivity index (χ1) is 7.43. The van der Waals surface area contributed by atoms with E-state index in [1.165, 1.54) is 5.56 Å². The van der Waals surface area contributed by atoms with Crippen LogP contribution in [-0.2, 0) is 6.42 Å². The Kier molecular flexibility index (Phi) is 5.00. The highest BCUT2D eigenvalue weighted by Gasteiger charge is 2.23. The molecule has 0 saturated heterocycles. The van der Waals surface area contributed by atoms with E-state index < -0.39 is 0 Å². The van der Waals surface area contributed by atoms with E-state index >= 15 is 0 Å². The maximum atomic E-state index is 3.47. The van der Waals surface area contributed by atoms with Gasteiger partial charge < -0.3 is 5.32 Å². The van der Waals surface area contributed by atoms with Gasteiger partial charge in [-0.15, -0.1) is 0 Å². The molecule has 0 saturated carbocycles. The van der Waals surface area contributed by atoms with E-state index in [9.17, 15) is 0 Å². The van der Waals surface area contributed by atoms with E-state index in [1.807, 2.05) is 7.05 Å². The second-order valence-corrected chi connectivity index (χ2v) is 6.37. The van der Waals surface area contributed by atoms with Crippen LogP contribution in [0.25, 0.3) is 0 Å². The summed E-state index contributed by atoms with van der Waals surface area (Å²) >= 11 is 3.47. The Labute approximate surface area is 108 Å². The Morgan fingerprint density at radius 3 is 2.19 bits per heavy atom. The van der Waals surface area contributed by atoms with Crippen LogP contribution in [0.15, 0.2) is 28.7 Å². The second-order valence-electron chi connectivity index (χ2n) is 5.45. The average molecular weight is 284 g/mol. The molecule has 1 aromatic rings. The molecule has 0 aliphatic carbocycles. The molecule has 1 unspecified atom stereocenters. The zero-order valence-electron chi connectivity index (χ0n) is 10.7. The van der Waals surface area contributed by atoms with E-state index in [2.05, 4.69) is 66.3 Å². The van der Waals surface area contributed by atoms with Crippen molar-refractivity contribution in [1.29, 1.82) is 0 Å². The van der Waals surface area contributed by atoms with Gasteiger partial charge >= 0.3 is 0 Å². The van der Waals surface area contributed by atoms with Crippen LogP contribution in [0.2, 0.25) is 0 Å². The average Bonchev–Trinajstić information content (AvgIpc) is 2.19. The molecule has 1 nitrogen and oxygen atoms in total. The first kappa shape index (κ1) is 13.7. The second kappa shape index (κ2) is 5.83. The van der Waals surface area contributed by atoms with Gasteiger partial charge in [-0.2, -0.15) is 0 Å². The lowest BCUT2D eigenvalue weighted by Gasteiger charge is -2.30. The SMILES string of the molecule is CNCC(Cc1ccc(Br)cc1)C(C)(C)C. The van der Waals surface area contributed by atoms with E-state index in [0.717, 1.165) is 17.4 Å². The Bertz CT molecular complexity index is 311. The lowest BCUT2D eigenvalue weighted by molar-refractivity contribution is 0.235. The van der Waals surface area contributed by atoms with Gasteiger partial charge in [-0.05, 0) is 49.0 Å². The molecule has 1 atom stereocenters. The van der Waals surface area contributed by atoms with Gasteiger partial charge in [0.05, 0.1) is 0 Å². The first-order valence-electron chi connectivity index (χ1n) is 5.82. The molecule has 0 fully saturated rings. The molecular formula is C14H22BrN. The summed E-state index contributed by atoms with van der Waals surface area (Å²) in [6, 6.07) is 8.65. The molecular weight excluding hydrogens is 262 g/mol. The summed E-state index contributed by atoms with van der Waals surface area (Å²) in [5.41, 5.74) is 1.76. The number of hydrogen-bond donors (Lipinski definition) is 1. The van der Waals surface area contributed by atoms with Crippen LogP contribution < -0.4 is 5.32 Å². The number of benzene rings is 1. The topological polar surface area (TPSA) is 12.0 Å². The van der Waals surface area contributed by atoms with Gasteiger partial charge in [0.15, 0.2) is 0 Å². The summed E-state index contributed by atoms with van der Waals surface area (Å²) in [7, 11) is 2.03. The molecule has 16 heavy (non-hydrogen) atoms. The molecule has 1 rings (SSSR count). The summed E-state index contributed by atoms with van der Waals surface area (Å²) < 4.78 is 1.15. The standard InChI is InChI=1S/C14H22BrN/c1-14(2,3)12(10-16-4)9-11-5-7-13(15)8-6-11/h5-8,12,16H,9-10H2,1-4H3.